The van der Waals surface area contributed by atoms with Crippen LogP contribution >= 0.6 is 0 Å². The van der Waals surface area contributed by atoms with Gasteiger partial charge in [-0.15, -0.1) is 0 Å². The molecule has 1 aliphatic rings. The number of carbonyl (C=O) groups excluding carboxylic acids is 1. The van der Waals surface area contributed by atoms with E-state index in [1.54, 1.807) is 4.90 Å². The van der Waals surface area contributed by atoms with Gasteiger partial charge in [0.2, 0.25) is 5.91 Å². The molecule has 16 heavy (non-hydrogen) atoms. The molecular formula is C14H19NO. The first-order valence-corrected chi connectivity index (χ1v) is 5.88. The molecule has 2 nitrogen and oxygen atoms in total. The second kappa shape index (κ2) is 4.69. The van der Waals surface area contributed by atoms with Crippen molar-refractivity contribution in [3.8, 4) is 0 Å². The van der Waals surface area contributed by atoms with E-state index in [0.717, 1.165) is 18.5 Å². The molecule has 0 spiro atoms. The van der Waals surface area contributed by atoms with Crippen LogP contribution in [0.15, 0.2) is 24.3 Å². The maximum Gasteiger partial charge on any atom is 0.226 e. The molecule has 1 fully saturated rings. The number of hydrogen-bond acceptors (Lipinski definition) is 1. The molecule has 0 saturated carbocycles. The van der Waals surface area contributed by atoms with Gasteiger partial charge < -0.3 is 4.90 Å². The summed E-state index contributed by atoms with van der Waals surface area (Å²) in [7, 11) is 0. The van der Waals surface area contributed by atoms with Gasteiger partial charge in [0, 0.05) is 14.4 Å². The summed E-state index contributed by atoms with van der Waals surface area (Å²) in [5.41, 5.74) is 2.34. The summed E-state index contributed by atoms with van der Waals surface area (Å²) in [5, 5.41) is 0. The third-order valence-electron chi connectivity index (χ3n) is 3.04. The molecule has 1 atom stereocenters. The van der Waals surface area contributed by atoms with Crippen LogP contribution in [0.4, 0.5) is 0 Å². The first-order valence-electron chi connectivity index (χ1n) is 6.46. The van der Waals surface area contributed by atoms with Crippen molar-refractivity contribution in [1.82, 2.24) is 4.90 Å². The van der Waals surface area contributed by atoms with Crippen LogP contribution in [0.25, 0.3) is 0 Å². The lowest BCUT2D eigenvalue weighted by Crippen LogP contribution is -2.42. The van der Waals surface area contributed by atoms with Crippen molar-refractivity contribution in [3.63, 3.8) is 0 Å². The number of benzene rings is 1. The van der Waals surface area contributed by atoms with E-state index in [-0.39, 0.29) is 12.4 Å². The van der Waals surface area contributed by atoms with Gasteiger partial charge in [0.1, 0.15) is 0 Å². The Morgan fingerprint density at radius 2 is 2.12 bits per heavy atom. The first-order chi connectivity index (χ1) is 8.08. The molecule has 0 N–H and O–H groups in total. The van der Waals surface area contributed by atoms with E-state index in [1.165, 1.54) is 5.56 Å². The normalized spacial score (nSPS) is 20.6. The number of carbonyl (C=O) groups is 1. The summed E-state index contributed by atoms with van der Waals surface area (Å²) in [6.45, 7) is 4.75. The highest BCUT2D eigenvalue weighted by atomic mass is 16.2. The van der Waals surface area contributed by atoms with Crippen LogP contribution in [-0.4, -0.2) is 23.9 Å². The van der Waals surface area contributed by atoms with Gasteiger partial charge in [-0.3, -0.25) is 4.79 Å². The molecule has 1 amide bonds. The molecule has 1 aromatic carbocycles. The summed E-state index contributed by atoms with van der Waals surface area (Å²) in [6, 6.07) is 8.21. The quantitative estimate of drug-likeness (QED) is 0.763. The summed E-state index contributed by atoms with van der Waals surface area (Å²) < 4.78 is 7.56. The second-order valence-corrected chi connectivity index (χ2v) is 4.63. The molecule has 1 aliphatic heterocycles. The van der Waals surface area contributed by atoms with Crippen molar-refractivity contribution in [2.75, 3.05) is 13.1 Å². The van der Waals surface area contributed by atoms with E-state index < -0.39 is 0 Å². The fraction of sp³-hybridized carbons (Fsp3) is 0.500. The third kappa shape index (κ3) is 2.43. The van der Waals surface area contributed by atoms with E-state index in [0.29, 0.717) is 12.3 Å². The van der Waals surface area contributed by atoms with Crippen molar-refractivity contribution in [2.45, 2.75) is 32.6 Å². The van der Waals surface area contributed by atoms with E-state index >= 15 is 0 Å². The maximum absolute atomic E-state index is 11.8. The number of rotatable bonds is 3. The first kappa shape index (κ1) is 9.88. The van der Waals surface area contributed by atoms with E-state index in [4.69, 9.17) is 1.37 Å². The molecule has 0 aromatic heterocycles. The van der Waals surface area contributed by atoms with Crippen LogP contribution in [0, 0.1) is 0 Å². The van der Waals surface area contributed by atoms with Crippen molar-refractivity contribution < 1.29 is 6.17 Å². The van der Waals surface area contributed by atoms with Crippen LogP contribution in [-0.2, 0) is 11.2 Å². The van der Waals surface area contributed by atoms with Gasteiger partial charge in [-0.2, -0.15) is 0 Å². The summed E-state index contributed by atoms with van der Waals surface area (Å²) in [5.74, 6) is 0.598. The van der Waals surface area contributed by atoms with Gasteiger partial charge in [-0.25, -0.2) is 0 Å². The highest BCUT2D eigenvalue weighted by Gasteiger charge is 2.19. The molecule has 0 bridgehead atoms. The average Bonchev–Trinajstić information content (AvgIpc) is 2.27. The molecule has 0 aliphatic carbocycles. The Morgan fingerprint density at radius 1 is 1.44 bits per heavy atom. The van der Waals surface area contributed by atoms with Crippen LogP contribution in [0.5, 0.6) is 0 Å². The largest absolute Gasteiger partial charge is 0.342 e. The number of likely N-dealkylation sites (tertiary alicyclic amines) is 1. The molecule has 2 heteroatoms. The predicted molar refractivity (Wildman–Crippen MR) is 65.4 cm³/mol. The molecule has 1 saturated heterocycles. The summed E-state index contributed by atoms with van der Waals surface area (Å²) in [4.78, 5) is 13.5. The van der Waals surface area contributed by atoms with Crippen LogP contribution in [0.3, 0.4) is 0 Å². The minimum atomic E-state index is -0.308. The van der Waals surface area contributed by atoms with Crippen molar-refractivity contribution in [1.29, 1.82) is 0 Å². The number of hydrogen-bond donors (Lipinski definition) is 0. The van der Waals surface area contributed by atoms with Crippen LogP contribution in [0.1, 0.15) is 38.7 Å². The topological polar surface area (TPSA) is 20.3 Å². The van der Waals surface area contributed by atoms with Gasteiger partial charge in [-0.05, 0) is 23.5 Å². The van der Waals surface area contributed by atoms with Gasteiger partial charge >= 0.3 is 0 Å². The molecule has 1 heterocycles. The van der Waals surface area contributed by atoms with Gasteiger partial charge in [0.05, 0.1) is 6.42 Å². The molecule has 1 unspecified atom stereocenters. The van der Waals surface area contributed by atoms with E-state index in [9.17, 15) is 4.79 Å². The molecule has 0 radical (unpaired) electrons. The Morgan fingerprint density at radius 3 is 2.56 bits per heavy atom. The Labute approximate surface area is 98.7 Å². The number of amides is 1. The minimum Gasteiger partial charge on any atom is -0.342 e. The third-order valence-corrected chi connectivity index (χ3v) is 3.04. The van der Waals surface area contributed by atoms with Gasteiger partial charge in [0.15, 0.2) is 0 Å². The van der Waals surface area contributed by atoms with Gasteiger partial charge in [0.25, 0.3) is 0 Å². The second-order valence-electron chi connectivity index (χ2n) is 4.63. The lowest BCUT2D eigenvalue weighted by Gasteiger charge is -2.31. The zero-order valence-electron chi connectivity index (χ0n) is 10.9. The average molecular weight is 218 g/mol. The Hall–Kier alpha value is -1.31. The molecule has 86 valence electrons. The minimum absolute atomic E-state index is 0.0774. The molecule has 2 rings (SSSR count). The SMILES string of the molecule is [2H]C1CCN1C(=O)Cc1ccc(C(C)C)cc1. The van der Waals surface area contributed by atoms with Crippen LogP contribution < -0.4 is 0 Å². The van der Waals surface area contributed by atoms with Crippen LogP contribution in [0.2, 0.25) is 0 Å². The van der Waals surface area contributed by atoms with Crippen molar-refractivity contribution in [3.05, 3.63) is 35.4 Å². The monoisotopic (exact) mass is 218 g/mol. The standard InChI is InChI=1S/C14H19NO/c1-11(2)13-6-4-12(5-7-13)10-14(16)15-8-3-9-15/h4-7,11H,3,8-10H2,1-2H3/i8D. The lowest BCUT2D eigenvalue weighted by molar-refractivity contribution is -0.133. The Bertz CT molecular complexity index is 399. The fourth-order valence-electron chi connectivity index (χ4n) is 1.78. The maximum atomic E-state index is 11.8. The highest BCUT2D eigenvalue weighted by Crippen LogP contribution is 2.16. The predicted octanol–water partition coefficient (Wildman–Crippen LogP) is 2.58. The highest BCUT2D eigenvalue weighted by molar-refractivity contribution is 5.79. The smallest absolute Gasteiger partial charge is 0.226 e. The Kier molecular flexibility index (Phi) is 2.89. The summed E-state index contributed by atoms with van der Waals surface area (Å²) >= 11 is 0. The fourth-order valence-corrected chi connectivity index (χ4v) is 1.78. The molecule has 1 aromatic rings. The van der Waals surface area contributed by atoms with E-state index in [1.807, 2.05) is 12.1 Å². The van der Waals surface area contributed by atoms with E-state index in [2.05, 4.69) is 26.0 Å². The number of nitrogens with zero attached hydrogens (tertiary/aromatic N) is 1. The van der Waals surface area contributed by atoms with Crippen molar-refractivity contribution in [2.24, 2.45) is 0 Å². The zero-order valence-corrected chi connectivity index (χ0v) is 9.94. The van der Waals surface area contributed by atoms with Crippen molar-refractivity contribution >= 4 is 5.91 Å². The lowest BCUT2D eigenvalue weighted by atomic mass is 10.0. The Balaban J connectivity index is 1.97. The summed E-state index contributed by atoms with van der Waals surface area (Å²) in [6.07, 6.45) is 1.24. The molecular weight excluding hydrogens is 198 g/mol. The van der Waals surface area contributed by atoms with Gasteiger partial charge in [-0.1, -0.05) is 38.1 Å². The zero-order chi connectivity index (χ0) is 12.4.